The van der Waals surface area contributed by atoms with Crippen LogP contribution < -0.4 is 0 Å². The van der Waals surface area contributed by atoms with Crippen LogP contribution in [0.15, 0.2) is 48.5 Å². The summed E-state index contributed by atoms with van der Waals surface area (Å²) in [5.41, 5.74) is 3.25. The summed E-state index contributed by atoms with van der Waals surface area (Å²) in [4.78, 5) is 24.2. The molecule has 0 amide bonds. The highest BCUT2D eigenvalue weighted by atomic mass is 27.2. The number of benzene rings is 2. The molecule has 0 bridgehead atoms. The van der Waals surface area contributed by atoms with Gasteiger partial charge in [0, 0.05) is 0 Å². The lowest BCUT2D eigenvalue weighted by atomic mass is 9.87. The van der Waals surface area contributed by atoms with Gasteiger partial charge in [-0.25, -0.2) is 9.59 Å². The van der Waals surface area contributed by atoms with Crippen molar-refractivity contribution in [1.29, 1.82) is 0 Å². The standard InChI is InChI=1S/2C11H14O2.Al.H2O.H/c2*1-11(2,3)9-6-4-8(5-7-9)10(12)13;;;/h2*4-7H,1-3H3,(H,12,13);;1H2;/q;;+2;;/p-2. The molecule has 0 aromatic heterocycles. The molecular formula is C22H29AlO5. The second-order valence-corrected chi connectivity index (χ2v) is 9.45. The fourth-order valence-corrected chi connectivity index (χ4v) is 3.12. The summed E-state index contributed by atoms with van der Waals surface area (Å²) < 4.78 is 10.4. The molecule has 0 spiro atoms. The molecule has 2 aromatic carbocycles. The highest BCUT2D eigenvalue weighted by Crippen LogP contribution is 2.23. The zero-order valence-electron chi connectivity index (χ0n) is 17.5. The molecule has 0 atom stereocenters. The van der Waals surface area contributed by atoms with Gasteiger partial charge in [-0.15, -0.1) is 0 Å². The first-order valence-electron chi connectivity index (χ1n) is 9.04. The summed E-state index contributed by atoms with van der Waals surface area (Å²) in [6.45, 7) is 12.7. The van der Waals surface area contributed by atoms with E-state index in [9.17, 15) is 9.59 Å². The zero-order chi connectivity index (χ0) is 20.2. The van der Waals surface area contributed by atoms with Crippen molar-refractivity contribution < 1.29 is 22.6 Å². The van der Waals surface area contributed by atoms with E-state index in [0.717, 1.165) is 11.1 Å². The van der Waals surface area contributed by atoms with Crippen molar-refractivity contribution in [3.63, 3.8) is 0 Å². The average molecular weight is 400 g/mol. The van der Waals surface area contributed by atoms with Gasteiger partial charge in [-0.2, -0.15) is 0 Å². The Kier molecular flexibility index (Phi) is 8.01. The van der Waals surface area contributed by atoms with Crippen LogP contribution in [0.3, 0.4) is 0 Å². The second kappa shape index (κ2) is 9.38. The average Bonchev–Trinajstić information content (AvgIpc) is 2.60. The topological polar surface area (TPSA) is 84.1 Å². The molecule has 0 aliphatic rings. The van der Waals surface area contributed by atoms with Crippen molar-refractivity contribution in [3.05, 3.63) is 70.8 Å². The van der Waals surface area contributed by atoms with Crippen molar-refractivity contribution in [3.8, 4) is 0 Å². The lowest BCUT2D eigenvalue weighted by Crippen LogP contribution is -2.17. The van der Waals surface area contributed by atoms with Crippen molar-refractivity contribution in [1.82, 2.24) is 0 Å². The zero-order valence-corrected chi connectivity index (χ0v) is 18.9. The molecule has 0 radical (unpaired) electrons. The van der Waals surface area contributed by atoms with Crippen molar-refractivity contribution in [2.24, 2.45) is 0 Å². The fourth-order valence-electron chi connectivity index (χ4n) is 2.52. The SMILES string of the molecule is CC(C)(C)c1ccc(C(=O)[O][AlH][O]C(=O)c2ccc(C(C)(C)C)cc2)cc1.O. The number of rotatable bonds is 4. The first-order chi connectivity index (χ1) is 12.5. The van der Waals surface area contributed by atoms with Crippen LogP contribution in [0.5, 0.6) is 0 Å². The Morgan fingerprint density at radius 1 is 0.643 bits per heavy atom. The molecule has 6 heteroatoms. The van der Waals surface area contributed by atoms with Gasteiger partial charge >= 0.3 is 27.8 Å². The summed E-state index contributed by atoms with van der Waals surface area (Å²) >= 11 is -1.74. The van der Waals surface area contributed by atoms with Crippen LogP contribution in [-0.2, 0) is 18.4 Å². The third kappa shape index (κ3) is 6.49. The van der Waals surface area contributed by atoms with Gasteiger partial charge in [-0.3, -0.25) is 0 Å². The van der Waals surface area contributed by atoms with E-state index in [0.29, 0.717) is 11.1 Å². The molecule has 150 valence electrons. The lowest BCUT2D eigenvalue weighted by Gasteiger charge is -2.19. The molecule has 28 heavy (non-hydrogen) atoms. The quantitative estimate of drug-likeness (QED) is 0.732. The maximum absolute atomic E-state index is 12.1. The maximum Gasteiger partial charge on any atom is 0.837 e. The summed E-state index contributed by atoms with van der Waals surface area (Å²) in [5, 5.41) is 0. The van der Waals surface area contributed by atoms with Crippen molar-refractivity contribution in [2.75, 3.05) is 0 Å². The summed E-state index contributed by atoms with van der Waals surface area (Å²) in [6, 6.07) is 14.6. The molecule has 5 nitrogen and oxygen atoms in total. The van der Waals surface area contributed by atoms with Crippen LogP contribution in [0.2, 0.25) is 0 Å². The van der Waals surface area contributed by atoms with Gasteiger partial charge in [0.05, 0.1) is 11.1 Å². The number of hydrogen-bond acceptors (Lipinski definition) is 4. The van der Waals surface area contributed by atoms with E-state index < -0.39 is 27.8 Å². The highest BCUT2D eigenvalue weighted by molar-refractivity contribution is 6.28. The Morgan fingerprint density at radius 2 is 0.929 bits per heavy atom. The number of carbonyl (C=O) groups is 2. The van der Waals surface area contributed by atoms with E-state index in [1.807, 2.05) is 24.3 Å². The van der Waals surface area contributed by atoms with E-state index in [2.05, 4.69) is 41.5 Å². The van der Waals surface area contributed by atoms with Crippen LogP contribution >= 0.6 is 0 Å². The predicted molar refractivity (Wildman–Crippen MR) is 112 cm³/mol. The molecule has 2 N–H and O–H groups in total. The summed E-state index contributed by atoms with van der Waals surface area (Å²) in [7, 11) is 0. The molecule has 2 aromatic rings. The Hall–Kier alpha value is -2.13. The van der Waals surface area contributed by atoms with Crippen LogP contribution in [0.1, 0.15) is 73.4 Å². The Morgan fingerprint density at radius 3 is 1.18 bits per heavy atom. The molecular weight excluding hydrogens is 371 g/mol. The third-order valence-corrected chi connectivity index (χ3v) is 5.11. The van der Waals surface area contributed by atoms with Crippen LogP contribution in [-0.4, -0.2) is 33.3 Å². The Bertz CT molecular complexity index is 727. The van der Waals surface area contributed by atoms with E-state index in [-0.39, 0.29) is 16.3 Å². The highest BCUT2D eigenvalue weighted by Gasteiger charge is 2.18. The van der Waals surface area contributed by atoms with Crippen LogP contribution in [0.25, 0.3) is 0 Å². The van der Waals surface area contributed by atoms with Gasteiger partial charge in [0.15, 0.2) is 0 Å². The molecule has 0 saturated heterocycles. The molecule has 0 saturated carbocycles. The van der Waals surface area contributed by atoms with Crippen molar-refractivity contribution in [2.45, 2.75) is 52.4 Å². The van der Waals surface area contributed by atoms with Crippen LogP contribution in [0, 0.1) is 0 Å². The summed E-state index contributed by atoms with van der Waals surface area (Å²) in [5.74, 6) is -0.920. The first kappa shape index (κ1) is 23.9. The third-order valence-electron chi connectivity index (χ3n) is 4.35. The van der Waals surface area contributed by atoms with Crippen molar-refractivity contribution >= 4 is 27.8 Å². The van der Waals surface area contributed by atoms with Gasteiger partial charge in [0.25, 0.3) is 0 Å². The van der Waals surface area contributed by atoms with Gasteiger partial charge in [0.1, 0.15) is 0 Å². The van der Waals surface area contributed by atoms with Gasteiger partial charge < -0.3 is 13.1 Å². The largest absolute Gasteiger partial charge is 0.837 e. The molecule has 2 rings (SSSR count). The van der Waals surface area contributed by atoms with Gasteiger partial charge in [-0.05, 0) is 46.2 Å². The Labute approximate surface area is 173 Å². The second-order valence-electron chi connectivity index (χ2n) is 8.64. The number of hydrogen-bond donors (Lipinski definition) is 0. The normalized spacial score (nSPS) is 11.2. The molecule has 0 unspecified atom stereocenters. The van der Waals surface area contributed by atoms with E-state index in [4.69, 9.17) is 7.58 Å². The van der Waals surface area contributed by atoms with Gasteiger partial charge in [0.2, 0.25) is 0 Å². The molecule has 0 aliphatic heterocycles. The first-order valence-corrected chi connectivity index (χ1v) is 10.2. The minimum Gasteiger partial charge on any atom is -0.584 e. The molecule has 0 fully saturated rings. The van der Waals surface area contributed by atoms with Gasteiger partial charge in [-0.1, -0.05) is 65.8 Å². The number of carbonyl (C=O) groups excluding carboxylic acids is 2. The fraction of sp³-hybridized carbons (Fsp3) is 0.364. The maximum atomic E-state index is 12.1. The smallest absolute Gasteiger partial charge is 0.584 e. The predicted octanol–water partition coefficient (Wildman–Crippen LogP) is 3.74. The minimum atomic E-state index is -1.74. The molecule has 0 aliphatic carbocycles. The lowest BCUT2D eigenvalue weighted by molar-refractivity contribution is 0.0632. The van der Waals surface area contributed by atoms with E-state index >= 15 is 0 Å². The Balaban J connectivity index is 0.00000392. The molecule has 0 heterocycles. The van der Waals surface area contributed by atoms with E-state index in [1.165, 1.54) is 0 Å². The summed E-state index contributed by atoms with van der Waals surface area (Å²) in [6.07, 6.45) is 0. The van der Waals surface area contributed by atoms with Crippen LogP contribution in [0.4, 0.5) is 0 Å². The monoisotopic (exact) mass is 400 g/mol. The van der Waals surface area contributed by atoms with E-state index in [1.54, 1.807) is 24.3 Å². The minimum absolute atomic E-state index is 0.